The monoisotopic (exact) mass is 346 g/mol. The third-order valence-electron chi connectivity index (χ3n) is 4.21. The Bertz CT molecular complexity index is 985. The number of esters is 1. The Labute approximate surface area is 151 Å². The number of nitrogens with zero attached hydrogens (tertiary/aromatic N) is 4. The highest BCUT2D eigenvalue weighted by atomic mass is 16.5. The minimum Gasteiger partial charge on any atom is -0.465 e. The number of carbonyl (C=O) groups is 1. The molecule has 0 bridgehead atoms. The Kier molecular flexibility index (Phi) is 5.09. The molecule has 0 N–H and O–H groups in total. The van der Waals surface area contributed by atoms with E-state index in [9.17, 15) is 4.79 Å². The summed E-state index contributed by atoms with van der Waals surface area (Å²) in [6, 6.07) is 16.8. The van der Waals surface area contributed by atoms with Crippen LogP contribution in [0.2, 0.25) is 0 Å². The average Bonchev–Trinajstić information content (AvgIpc) is 3.06. The van der Waals surface area contributed by atoms with Crippen LogP contribution in [0.25, 0.3) is 11.4 Å². The molecule has 6 nitrogen and oxygen atoms in total. The first-order valence-electron chi connectivity index (χ1n) is 8.20. The van der Waals surface area contributed by atoms with Gasteiger partial charge >= 0.3 is 5.97 Å². The summed E-state index contributed by atoms with van der Waals surface area (Å²) in [7, 11) is 1.38. The van der Waals surface area contributed by atoms with Crippen LogP contribution in [0.3, 0.4) is 0 Å². The lowest BCUT2D eigenvalue weighted by atomic mass is 10.0. The molecule has 0 fully saturated rings. The van der Waals surface area contributed by atoms with Crippen molar-refractivity contribution < 1.29 is 9.53 Å². The van der Waals surface area contributed by atoms with Crippen LogP contribution < -0.4 is 0 Å². The Morgan fingerprint density at radius 1 is 1.19 bits per heavy atom. The smallest absolute Gasteiger partial charge is 0.338 e. The first-order chi connectivity index (χ1) is 12.6. The SMILES string of the molecule is COC(=O)c1ccccc1CCn1c(C)nnc1-c1cccc(C#N)c1. The number of ether oxygens (including phenoxy) is 1. The summed E-state index contributed by atoms with van der Waals surface area (Å²) in [6.07, 6.45) is 0.634. The summed E-state index contributed by atoms with van der Waals surface area (Å²) in [5.74, 6) is 1.14. The summed E-state index contributed by atoms with van der Waals surface area (Å²) in [6.45, 7) is 2.50. The number of hydrogen-bond acceptors (Lipinski definition) is 5. The highest BCUT2D eigenvalue weighted by molar-refractivity contribution is 5.90. The van der Waals surface area contributed by atoms with Gasteiger partial charge in [0.15, 0.2) is 5.82 Å². The molecule has 0 aliphatic carbocycles. The van der Waals surface area contributed by atoms with Crippen LogP contribution in [0.5, 0.6) is 0 Å². The van der Waals surface area contributed by atoms with Gasteiger partial charge in [-0.05, 0) is 37.1 Å². The Hall–Kier alpha value is -3.46. The molecule has 130 valence electrons. The second-order valence-electron chi connectivity index (χ2n) is 5.81. The zero-order valence-corrected chi connectivity index (χ0v) is 14.6. The fourth-order valence-electron chi connectivity index (χ4n) is 2.87. The van der Waals surface area contributed by atoms with E-state index >= 15 is 0 Å². The maximum Gasteiger partial charge on any atom is 0.338 e. The second kappa shape index (κ2) is 7.62. The molecule has 0 radical (unpaired) electrons. The summed E-state index contributed by atoms with van der Waals surface area (Å²) < 4.78 is 6.85. The van der Waals surface area contributed by atoms with E-state index in [0.717, 1.165) is 17.0 Å². The molecule has 0 spiro atoms. The molecule has 3 rings (SSSR count). The maximum absolute atomic E-state index is 11.9. The van der Waals surface area contributed by atoms with Crippen LogP contribution in [0.15, 0.2) is 48.5 Å². The van der Waals surface area contributed by atoms with Crippen molar-refractivity contribution in [3.63, 3.8) is 0 Å². The summed E-state index contributed by atoms with van der Waals surface area (Å²) >= 11 is 0. The molecule has 0 amide bonds. The average molecular weight is 346 g/mol. The van der Waals surface area contributed by atoms with Crippen molar-refractivity contribution in [2.24, 2.45) is 0 Å². The highest BCUT2D eigenvalue weighted by Crippen LogP contribution is 2.21. The molecule has 0 saturated carbocycles. The van der Waals surface area contributed by atoms with Crippen molar-refractivity contribution in [1.29, 1.82) is 5.26 Å². The zero-order valence-electron chi connectivity index (χ0n) is 14.6. The number of methoxy groups -OCH3 is 1. The third-order valence-corrected chi connectivity index (χ3v) is 4.21. The molecule has 0 aliphatic heterocycles. The number of aromatic nitrogens is 3. The van der Waals surface area contributed by atoms with Gasteiger partial charge in [-0.1, -0.05) is 30.3 Å². The molecule has 26 heavy (non-hydrogen) atoms. The van der Waals surface area contributed by atoms with Crippen molar-refractivity contribution >= 4 is 5.97 Å². The van der Waals surface area contributed by atoms with Crippen molar-refractivity contribution in [3.8, 4) is 17.5 Å². The first kappa shape index (κ1) is 17.4. The molecular weight excluding hydrogens is 328 g/mol. The molecular formula is C20H18N4O2. The quantitative estimate of drug-likeness (QED) is 0.663. The van der Waals surface area contributed by atoms with E-state index in [2.05, 4.69) is 16.3 Å². The number of benzene rings is 2. The molecule has 0 atom stereocenters. The van der Waals surface area contributed by atoms with E-state index in [1.54, 1.807) is 18.2 Å². The van der Waals surface area contributed by atoms with Crippen molar-refractivity contribution in [2.45, 2.75) is 19.9 Å². The molecule has 0 saturated heterocycles. The van der Waals surface area contributed by atoms with Crippen molar-refractivity contribution in [1.82, 2.24) is 14.8 Å². The summed E-state index contributed by atoms with van der Waals surface area (Å²) in [5.41, 5.74) is 2.88. The minimum atomic E-state index is -0.344. The minimum absolute atomic E-state index is 0.344. The van der Waals surface area contributed by atoms with Crippen LogP contribution in [0.1, 0.15) is 27.3 Å². The largest absolute Gasteiger partial charge is 0.465 e. The van der Waals surface area contributed by atoms with Gasteiger partial charge in [-0.3, -0.25) is 0 Å². The molecule has 1 heterocycles. The van der Waals surface area contributed by atoms with E-state index in [1.165, 1.54) is 7.11 Å². The molecule has 1 aromatic heterocycles. The van der Waals surface area contributed by atoms with Crippen LogP contribution in [0, 0.1) is 18.3 Å². The predicted molar refractivity (Wildman–Crippen MR) is 96.4 cm³/mol. The van der Waals surface area contributed by atoms with Gasteiger partial charge in [-0.2, -0.15) is 5.26 Å². The van der Waals surface area contributed by atoms with Crippen LogP contribution in [-0.4, -0.2) is 27.8 Å². The van der Waals surface area contributed by atoms with Crippen LogP contribution in [-0.2, 0) is 17.7 Å². The lowest BCUT2D eigenvalue weighted by molar-refractivity contribution is 0.0599. The number of hydrogen-bond donors (Lipinski definition) is 0. The van der Waals surface area contributed by atoms with Gasteiger partial charge in [0.05, 0.1) is 24.3 Å². The standard InChI is InChI=1S/C20H18N4O2/c1-14-22-23-19(17-8-5-6-15(12-17)13-21)24(14)11-10-16-7-3-4-9-18(16)20(25)26-2/h3-9,12H,10-11H2,1-2H3. The molecule has 0 unspecified atom stereocenters. The second-order valence-corrected chi connectivity index (χ2v) is 5.81. The first-order valence-corrected chi connectivity index (χ1v) is 8.20. The summed E-state index contributed by atoms with van der Waals surface area (Å²) in [5, 5.41) is 17.5. The normalized spacial score (nSPS) is 10.3. The molecule has 3 aromatic rings. The zero-order chi connectivity index (χ0) is 18.5. The Morgan fingerprint density at radius 3 is 2.77 bits per heavy atom. The fraction of sp³-hybridized carbons (Fsp3) is 0.200. The predicted octanol–water partition coefficient (Wildman–Crippen LogP) is 3.15. The molecule has 2 aromatic carbocycles. The van der Waals surface area contributed by atoms with Gasteiger partial charge in [0.25, 0.3) is 0 Å². The number of rotatable bonds is 5. The Balaban J connectivity index is 1.90. The van der Waals surface area contributed by atoms with E-state index < -0.39 is 0 Å². The number of nitriles is 1. The molecule has 0 aliphatic rings. The summed E-state index contributed by atoms with van der Waals surface area (Å²) in [4.78, 5) is 11.9. The van der Waals surface area contributed by atoms with Gasteiger partial charge in [0.2, 0.25) is 0 Å². The van der Waals surface area contributed by atoms with E-state index in [4.69, 9.17) is 10.00 Å². The topological polar surface area (TPSA) is 80.8 Å². The van der Waals surface area contributed by atoms with Gasteiger partial charge < -0.3 is 9.30 Å². The van der Waals surface area contributed by atoms with Crippen LogP contribution in [0.4, 0.5) is 0 Å². The fourth-order valence-corrected chi connectivity index (χ4v) is 2.87. The van der Waals surface area contributed by atoms with Gasteiger partial charge in [0.1, 0.15) is 5.82 Å². The lowest BCUT2D eigenvalue weighted by Crippen LogP contribution is -2.10. The maximum atomic E-state index is 11.9. The van der Waals surface area contributed by atoms with Gasteiger partial charge in [-0.15, -0.1) is 10.2 Å². The van der Waals surface area contributed by atoms with Gasteiger partial charge in [0, 0.05) is 12.1 Å². The van der Waals surface area contributed by atoms with Crippen LogP contribution >= 0.6 is 0 Å². The van der Waals surface area contributed by atoms with Crippen molar-refractivity contribution in [3.05, 3.63) is 71.0 Å². The van der Waals surface area contributed by atoms with Crippen molar-refractivity contribution in [2.75, 3.05) is 7.11 Å². The molecule has 6 heteroatoms. The van der Waals surface area contributed by atoms with E-state index in [-0.39, 0.29) is 5.97 Å². The third kappa shape index (κ3) is 3.47. The Morgan fingerprint density at radius 2 is 2.00 bits per heavy atom. The van der Waals surface area contributed by atoms with E-state index in [0.29, 0.717) is 29.9 Å². The highest BCUT2D eigenvalue weighted by Gasteiger charge is 2.14. The van der Waals surface area contributed by atoms with Gasteiger partial charge in [-0.25, -0.2) is 4.79 Å². The lowest BCUT2D eigenvalue weighted by Gasteiger charge is -2.11. The number of carbonyl (C=O) groups excluding carboxylic acids is 1. The number of aryl methyl sites for hydroxylation is 2. The van der Waals surface area contributed by atoms with E-state index in [1.807, 2.05) is 41.8 Å².